The molecule has 29 heavy (non-hydrogen) atoms. The first-order chi connectivity index (χ1) is 14.1. The molecule has 3 aliphatic heterocycles. The van der Waals surface area contributed by atoms with Gasteiger partial charge in [-0.1, -0.05) is 6.07 Å². The van der Waals surface area contributed by atoms with Gasteiger partial charge in [-0.05, 0) is 81.4 Å². The van der Waals surface area contributed by atoms with E-state index in [2.05, 4.69) is 51.6 Å². The van der Waals surface area contributed by atoms with E-state index in [0.717, 1.165) is 24.0 Å². The second-order valence-electron chi connectivity index (χ2n) is 8.65. The molecular weight excluding hydrogens is 380 g/mol. The predicted octanol–water partition coefficient (Wildman–Crippen LogP) is 4.68. The molecule has 1 aromatic carbocycles. The number of carbonyl (C=O) groups excluding carboxylic acids is 1. The molecule has 0 unspecified atom stereocenters. The summed E-state index contributed by atoms with van der Waals surface area (Å²) < 4.78 is 0. The molecule has 1 radical (unpaired) electrons. The fraction of sp³-hybridized carbons (Fsp3) is 0.522. The number of piperidine rings is 2. The van der Waals surface area contributed by atoms with Crippen LogP contribution in [-0.2, 0) is 6.54 Å². The highest BCUT2D eigenvalue weighted by Crippen LogP contribution is 2.36. The Balaban J connectivity index is 1.11. The zero-order valence-corrected chi connectivity index (χ0v) is 17.9. The van der Waals surface area contributed by atoms with Crippen molar-refractivity contribution in [1.82, 2.24) is 15.1 Å². The minimum absolute atomic E-state index is 0.243. The Labute approximate surface area is 177 Å². The number of likely N-dealkylation sites (tertiary alicyclic amines) is 2. The summed E-state index contributed by atoms with van der Waals surface area (Å²) >= 11 is 1.93. The molecule has 3 aliphatic rings. The van der Waals surface area contributed by atoms with Gasteiger partial charge in [0.1, 0.15) is 0 Å². The van der Waals surface area contributed by atoms with E-state index in [1.54, 1.807) is 0 Å². The number of anilines is 1. The summed E-state index contributed by atoms with van der Waals surface area (Å²) in [6, 6.07) is 11.3. The van der Waals surface area contributed by atoms with Gasteiger partial charge in [0.05, 0.1) is 11.4 Å². The zero-order chi connectivity index (χ0) is 19.8. The Kier molecular flexibility index (Phi) is 5.33. The van der Waals surface area contributed by atoms with Crippen LogP contribution in [0.15, 0.2) is 30.3 Å². The van der Waals surface area contributed by atoms with E-state index >= 15 is 0 Å². The lowest BCUT2D eigenvalue weighted by Gasteiger charge is -2.42. The topological polar surface area (TPSA) is 49.7 Å². The van der Waals surface area contributed by atoms with Crippen molar-refractivity contribution in [1.29, 1.82) is 0 Å². The monoisotopic (exact) mass is 409 g/mol. The SMILES string of the molecule is Cc1ccc(CN2CCC(N3CCC(c4ccc5c(c4)[N]C(=O)N5)CC3)CC2)s1. The molecule has 2 saturated heterocycles. The highest BCUT2D eigenvalue weighted by Gasteiger charge is 2.29. The van der Waals surface area contributed by atoms with E-state index in [-0.39, 0.29) is 6.03 Å². The van der Waals surface area contributed by atoms with E-state index in [1.807, 2.05) is 17.4 Å². The Hall–Kier alpha value is -1.89. The van der Waals surface area contributed by atoms with Gasteiger partial charge in [0.15, 0.2) is 0 Å². The smallest absolute Gasteiger partial charge is 0.304 e. The van der Waals surface area contributed by atoms with E-state index in [9.17, 15) is 4.79 Å². The second-order valence-corrected chi connectivity index (χ2v) is 10.0. The third-order valence-corrected chi connectivity index (χ3v) is 7.72. The average molecular weight is 410 g/mol. The minimum Gasteiger partial charge on any atom is -0.304 e. The van der Waals surface area contributed by atoms with Crippen molar-refractivity contribution in [3.63, 3.8) is 0 Å². The Bertz CT molecular complexity index is 879. The number of benzene rings is 1. The Morgan fingerprint density at radius 1 is 1.07 bits per heavy atom. The molecule has 153 valence electrons. The number of amides is 2. The van der Waals surface area contributed by atoms with Crippen molar-refractivity contribution in [2.45, 2.75) is 51.1 Å². The van der Waals surface area contributed by atoms with Crippen LogP contribution in [0.2, 0.25) is 0 Å². The molecule has 0 atom stereocenters. The minimum atomic E-state index is -0.243. The largest absolute Gasteiger partial charge is 0.346 e. The number of hydrogen-bond acceptors (Lipinski definition) is 4. The van der Waals surface area contributed by atoms with E-state index in [4.69, 9.17) is 0 Å². The quantitative estimate of drug-likeness (QED) is 0.797. The number of carbonyl (C=O) groups is 1. The summed E-state index contributed by atoms with van der Waals surface area (Å²) in [5, 5.41) is 6.85. The second kappa shape index (κ2) is 8.09. The van der Waals surface area contributed by atoms with Gasteiger partial charge in [0, 0.05) is 35.4 Å². The van der Waals surface area contributed by atoms with Crippen molar-refractivity contribution >= 4 is 28.7 Å². The van der Waals surface area contributed by atoms with Gasteiger partial charge in [-0.2, -0.15) is 5.32 Å². The van der Waals surface area contributed by atoms with Gasteiger partial charge < -0.3 is 10.2 Å². The number of fused-ring (bicyclic) bond motifs is 1. The van der Waals surface area contributed by atoms with E-state index < -0.39 is 0 Å². The number of nitrogens with one attached hydrogen (secondary N) is 1. The van der Waals surface area contributed by atoms with Crippen LogP contribution in [0, 0.1) is 6.92 Å². The number of thiophene rings is 1. The van der Waals surface area contributed by atoms with Crippen LogP contribution < -0.4 is 10.6 Å². The molecule has 1 aromatic heterocycles. The molecule has 0 saturated carbocycles. The third-order valence-electron chi connectivity index (χ3n) is 6.74. The van der Waals surface area contributed by atoms with E-state index in [1.165, 1.54) is 67.2 Å². The van der Waals surface area contributed by atoms with Crippen LogP contribution >= 0.6 is 11.3 Å². The molecule has 4 heterocycles. The lowest BCUT2D eigenvalue weighted by molar-refractivity contribution is 0.0850. The predicted molar refractivity (Wildman–Crippen MR) is 118 cm³/mol. The fourth-order valence-electron chi connectivity index (χ4n) is 5.08. The number of rotatable bonds is 4. The first-order valence-corrected chi connectivity index (χ1v) is 11.6. The molecule has 1 N–H and O–H groups in total. The first kappa shape index (κ1) is 19.1. The number of urea groups is 1. The van der Waals surface area contributed by atoms with Gasteiger partial charge in [0.2, 0.25) is 0 Å². The fourth-order valence-corrected chi connectivity index (χ4v) is 6.02. The van der Waals surface area contributed by atoms with Crippen LogP contribution in [0.3, 0.4) is 0 Å². The van der Waals surface area contributed by atoms with Crippen LogP contribution in [-0.4, -0.2) is 48.1 Å². The molecule has 2 aromatic rings. The van der Waals surface area contributed by atoms with Crippen LogP contribution in [0.1, 0.15) is 46.9 Å². The van der Waals surface area contributed by atoms with E-state index in [0.29, 0.717) is 5.92 Å². The van der Waals surface area contributed by atoms with Gasteiger partial charge in [-0.3, -0.25) is 4.90 Å². The van der Waals surface area contributed by atoms with Crippen molar-refractivity contribution < 1.29 is 4.79 Å². The number of aryl methyl sites for hydroxylation is 1. The summed E-state index contributed by atoms with van der Waals surface area (Å²) in [6.07, 6.45) is 4.99. The molecule has 2 fully saturated rings. The van der Waals surface area contributed by atoms with Gasteiger partial charge >= 0.3 is 6.03 Å². The maximum absolute atomic E-state index is 11.4. The third kappa shape index (κ3) is 4.20. The molecule has 5 rings (SSSR count). The maximum Gasteiger partial charge on any atom is 0.346 e. The molecule has 2 amide bonds. The summed E-state index contributed by atoms with van der Waals surface area (Å²) in [7, 11) is 0. The van der Waals surface area contributed by atoms with Crippen LogP contribution in [0.5, 0.6) is 0 Å². The van der Waals surface area contributed by atoms with Gasteiger partial charge in [0.25, 0.3) is 0 Å². The summed E-state index contributed by atoms with van der Waals surface area (Å²) in [5.74, 6) is 0.588. The highest BCUT2D eigenvalue weighted by atomic mass is 32.1. The zero-order valence-electron chi connectivity index (χ0n) is 17.1. The maximum atomic E-state index is 11.4. The van der Waals surface area contributed by atoms with Crippen LogP contribution in [0.4, 0.5) is 16.2 Å². The Morgan fingerprint density at radius 2 is 1.86 bits per heavy atom. The first-order valence-electron chi connectivity index (χ1n) is 10.8. The number of nitrogens with zero attached hydrogens (tertiary/aromatic N) is 3. The van der Waals surface area contributed by atoms with Gasteiger partial charge in [-0.25, -0.2) is 4.79 Å². The number of hydrogen-bond donors (Lipinski definition) is 1. The molecule has 0 aliphatic carbocycles. The van der Waals surface area contributed by atoms with Crippen LogP contribution in [0.25, 0.3) is 0 Å². The summed E-state index contributed by atoms with van der Waals surface area (Å²) in [4.78, 5) is 19.7. The molecule has 0 spiro atoms. The average Bonchev–Trinajstić information content (AvgIpc) is 3.32. The molecule has 5 nitrogen and oxygen atoms in total. The lowest BCUT2D eigenvalue weighted by atomic mass is 9.87. The molecule has 6 heteroatoms. The summed E-state index contributed by atoms with van der Waals surface area (Å²) in [5.41, 5.74) is 2.99. The van der Waals surface area contributed by atoms with Gasteiger partial charge in [-0.15, -0.1) is 11.3 Å². The van der Waals surface area contributed by atoms with Crippen molar-refractivity contribution in [3.05, 3.63) is 45.6 Å². The highest BCUT2D eigenvalue weighted by molar-refractivity contribution is 7.11. The molecule has 0 bridgehead atoms. The standard InChI is InChI=1S/C23H29N4OS/c1-16-2-4-20(29-16)15-26-10-8-19(9-11-26)27-12-6-17(7-13-27)18-3-5-21-22(14-18)25-23(28)24-21/h2-5,14,17,19H,6-13,15H2,1H3,(H,24,28). The normalized spacial score (nSPS) is 21.8. The van der Waals surface area contributed by atoms with Crippen molar-refractivity contribution in [2.75, 3.05) is 31.5 Å². The van der Waals surface area contributed by atoms with Crippen molar-refractivity contribution in [2.24, 2.45) is 0 Å². The Morgan fingerprint density at radius 3 is 2.59 bits per heavy atom. The lowest BCUT2D eigenvalue weighted by Crippen LogP contribution is -2.47. The summed E-state index contributed by atoms with van der Waals surface area (Å²) in [6.45, 7) is 8.12. The van der Waals surface area contributed by atoms with Crippen molar-refractivity contribution in [3.8, 4) is 0 Å². The molecular formula is C23H29N4OS.